The number of aliphatic imine (C=N–C) groups is 1. The summed E-state index contributed by atoms with van der Waals surface area (Å²) >= 11 is 0. The molecule has 0 atom stereocenters. The van der Waals surface area contributed by atoms with Gasteiger partial charge in [0, 0.05) is 23.4 Å². The molecule has 25 heavy (non-hydrogen) atoms. The Morgan fingerprint density at radius 1 is 0.920 bits per heavy atom. The molecular weight excluding hydrogens is 306 g/mol. The van der Waals surface area contributed by atoms with Crippen molar-refractivity contribution in [3.05, 3.63) is 28.8 Å². The minimum absolute atomic E-state index is 0.0567. The van der Waals surface area contributed by atoms with E-state index in [-0.39, 0.29) is 10.8 Å². The molecule has 0 aliphatic heterocycles. The van der Waals surface area contributed by atoms with Crippen LogP contribution in [0.5, 0.6) is 5.75 Å². The van der Waals surface area contributed by atoms with Gasteiger partial charge in [0.05, 0.1) is 0 Å². The zero-order valence-electron chi connectivity index (χ0n) is 17.7. The Labute approximate surface area is 155 Å². The van der Waals surface area contributed by atoms with Crippen LogP contribution in [0.4, 0.5) is 0 Å². The molecule has 1 saturated carbocycles. The maximum atomic E-state index is 10.8. The molecule has 2 nitrogen and oxygen atoms in total. The molecule has 1 fully saturated rings. The van der Waals surface area contributed by atoms with Crippen LogP contribution in [0.15, 0.2) is 17.1 Å². The molecule has 0 saturated heterocycles. The lowest BCUT2D eigenvalue weighted by atomic mass is 9.79. The second-order valence-electron chi connectivity index (χ2n) is 9.03. The first-order chi connectivity index (χ1) is 11.6. The number of hydrogen-bond donors (Lipinski definition) is 1. The average molecular weight is 346 g/mol. The maximum absolute atomic E-state index is 10.8. The van der Waals surface area contributed by atoms with Crippen LogP contribution < -0.4 is 0 Å². The third-order valence-electron chi connectivity index (χ3n) is 4.81. The molecule has 142 valence electrons. The number of rotatable bonds is 2. The molecule has 1 aromatic rings. The maximum Gasteiger partial charge on any atom is 0.128 e. The Kier molecular flexibility index (Phi) is 7.71. The molecule has 2 heteroatoms. The van der Waals surface area contributed by atoms with E-state index in [0.717, 1.165) is 11.1 Å². The normalized spacial score (nSPS) is 16.6. The molecule has 1 aromatic carbocycles. The van der Waals surface area contributed by atoms with Gasteiger partial charge in [-0.2, -0.15) is 0 Å². The van der Waals surface area contributed by atoms with Crippen LogP contribution in [0.3, 0.4) is 0 Å². The SMILES string of the molecule is CC.CC(C)(C)c1cc(C=NC2CCCCC2)c(O)c(C(C)(C)C)c1. The Morgan fingerprint density at radius 2 is 1.48 bits per heavy atom. The van der Waals surface area contributed by atoms with Crippen LogP contribution >= 0.6 is 0 Å². The van der Waals surface area contributed by atoms with Crippen molar-refractivity contribution >= 4 is 6.21 Å². The number of hydrogen-bond acceptors (Lipinski definition) is 2. The molecule has 1 N–H and O–H groups in total. The van der Waals surface area contributed by atoms with E-state index in [2.05, 4.69) is 53.7 Å². The van der Waals surface area contributed by atoms with E-state index in [1.165, 1.54) is 37.7 Å². The predicted molar refractivity (Wildman–Crippen MR) is 111 cm³/mol. The fourth-order valence-electron chi connectivity index (χ4n) is 3.18. The van der Waals surface area contributed by atoms with Crippen molar-refractivity contribution in [2.24, 2.45) is 4.99 Å². The van der Waals surface area contributed by atoms with Crippen molar-refractivity contribution in [2.45, 2.75) is 104 Å². The van der Waals surface area contributed by atoms with Crippen LogP contribution in [0.1, 0.15) is 104 Å². The van der Waals surface area contributed by atoms with Crippen molar-refractivity contribution in [1.29, 1.82) is 0 Å². The van der Waals surface area contributed by atoms with Gasteiger partial charge in [0.1, 0.15) is 5.75 Å². The predicted octanol–water partition coefficient (Wildman–Crippen LogP) is 6.77. The summed E-state index contributed by atoms with van der Waals surface area (Å²) in [5.74, 6) is 0.394. The van der Waals surface area contributed by atoms with Gasteiger partial charge in [0.25, 0.3) is 0 Å². The van der Waals surface area contributed by atoms with Crippen LogP contribution in [0.25, 0.3) is 0 Å². The lowest BCUT2D eigenvalue weighted by Gasteiger charge is -2.27. The van der Waals surface area contributed by atoms with Crippen molar-refractivity contribution in [2.75, 3.05) is 0 Å². The van der Waals surface area contributed by atoms with Crippen LogP contribution in [0, 0.1) is 0 Å². The average Bonchev–Trinajstić information content (AvgIpc) is 2.54. The van der Waals surface area contributed by atoms with E-state index in [9.17, 15) is 5.11 Å². The Bertz CT molecular complexity index is 567. The van der Waals surface area contributed by atoms with Gasteiger partial charge in [-0.3, -0.25) is 4.99 Å². The van der Waals surface area contributed by atoms with E-state index >= 15 is 0 Å². The van der Waals surface area contributed by atoms with E-state index in [0.29, 0.717) is 11.8 Å². The topological polar surface area (TPSA) is 32.6 Å². The minimum Gasteiger partial charge on any atom is -0.507 e. The highest BCUT2D eigenvalue weighted by Crippen LogP contribution is 2.37. The highest BCUT2D eigenvalue weighted by Gasteiger charge is 2.24. The van der Waals surface area contributed by atoms with Gasteiger partial charge in [-0.05, 0) is 35.3 Å². The van der Waals surface area contributed by atoms with Crippen molar-refractivity contribution in [1.82, 2.24) is 0 Å². The number of benzene rings is 1. The zero-order chi connectivity index (χ0) is 19.3. The number of phenols is 1. The molecule has 1 aliphatic rings. The van der Waals surface area contributed by atoms with E-state index in [1.54, 1.807) is 0 Å². The van der Waals surface area contributed by atoms with Gasteiger partial charge >= 0.3 is 0 Å². The summed E-state index contributed by atoms with van der Waals surface area (Å²) in [6.07, 6.45) is 8.18. The van der Waals surface area contributed by atoms with Crippen molar-refractivity contribution in [3.8, 4) is 5.75 Å². The first-order valence-corrected chi connectivity index (χ1v) is 10.00. The summed E-state index contributed by atoms with van der Waals surface area (Å²) < 4.78 is 0. The highest BCUT2D eigenvalue weighted by atomic mass is 16.3. The fourth-order valence-corrected chi connectivity index (χ4v) is 3.18. The standard InChI is InChI=1S/C21H33NO.C2H6/c1-20(2,3)16-12-15(14-22-17-10-8-7-9-11-17)19(23)18(13-16)21(4,5)6;1-2/h12-14,17,23H,7-11H2,1-6H3;1-2H3. The molecule has 0 amide bonds. The molecule has 0 heterocycles. The van der Waals surface area contributed by atoms with Crippen LogP contribution in [-0.2, 0) is 10.8 Å². The zero-order valence-corrected chi connectivity index (χ0v) is 17.7. The van der Waals surface area contributed by atoms with Gasteiger partial charge in [0.15, 0.2) is 0 Å². The summed E-state index contributed by atoms with van der Waals surface area (Å²) in [4.78, 5) is 4.78. The Balaban J connectivity index is 0.00000151. The second-order valence-corrected chi connectivity index (χ2v) is 9.03. The molecular formula is C23H39NO. The van der Waals surface area contributed by atoms with Gasteiger partial charge in [-0.25, -0.2) is 0 Å². The smallest absolute Gasteiger partial charge is 0.128 e. The first-order valence-electron chi connectivity index (χ1n) is 10.00. The number of phenolic OH excluding ortho intramolecular Hbond substituents is 1. The summed E-state index contributed by atoms with van der Waals surface area (Å²) in [7, 11) is 0. The van der Waals surface area contributed by atoms with Crippen molar-refractivity contribution < 1.29 is 5.11 Å². The highest BCUT2D eigenvalue weighted by molar-refractivity contribution is 5.85. The summed E-state index contributed by atoms with van der Waals surface area (Å²) in [6, 6.07) is 4.70. The Morgan fingerprint density at radius 3 is 1.96 bits per heavy atom. The molecule has 0 radical (unpaired) electrons. The van der Waals surface area contributed by atoms with E-state index < -0.39 is 0 Å². The molecule has 1 aliphatic carbocycles. The van der Waals surface area contributed by atoms with Crippen molar-refractivity contribution in [3.63, 3.8) is 0 Å². The van der Waals surface area contributed by atoms with E-state index in [4.69, 9.17) is 4.99 Å². The molecule has 2 rings (SSSR count). The van der Waals surface area contributed by atoms with Gasteiger partial charge < -0.3 is 5.11 Å². The molecule has 0 bridgehead atoms. The molecule has 0 aromatic heterocycles. The summed E-state index contributed by atoms with van der Waals surface area (Å²) in [5, 5.41) is 10.8. The minimum atomic E-state index is -0.0846. The number of aromatic hydroxyl groups is 1. The van der Waals surface area contributed by atoms with Crippen LogP contribution in [0.2, 0.25) is 0 Å². The van der Waals surface area contributed by atoms with E-state index in [1.807, 2.05) is 20.1 Å². The van der Waals surface area contributed by atoms with Gasteiger partial charge in [0.2, 0.25) is 0 Å². The first kappa shape index (κ1) is 21.7. The molecule has 0 spiro atoms. The van der Waals surface area contributed by atoms with Gasteiger partial charge in [-0.15, -0.1) is 0 Å². The van der Waals surface area contributed by atoms with Gasteiger partial charge in [-0.1, -0.05) is 80.7 Å². The largest absolute Gasteiger partial charge is 0.507 e. The lowest BCUT2D eigenvalue weighted by Crippen LogP contribution is -2.17. The Hall–Kier alpha value is -1.31. The second kappa shape index (κ2) is 8.87. The quantitative estimate of drug-likeness (QED) is 0.590. The number of nitrogens with zero attached hydrogens (tertiary/aromatic N) is 1. The summed E-state index contributed by atoms with van der Waals surface area (Å²) in [5.41, 5.74) is 3.10. The third kappa shape index (κ3) is 6.17. The molecule has 0 unspecified atom stereocenters. The third-order valence-corrected chi connectivity index (χ3v) is 4.81. The van der Waals surface area contributed by atoms with Crippen LogP contribution in [-0.4, -0.2) is 17.4 Å². The monoisotopic (exact) mass is 345 g/mol. The fraction of sp³-hybridized carbons (Fsp3) is 0.696. The summed E-state index contributed by atoms with van der Waals surface area (Å²) in [6.45, 7) is 17.1. The lowest BCUT2D eigenvalue weighted by molar-refractivity contribution is 0.440.